The average molecular weight is 229 g/mol. The van der Waals surface area contributed by atoms with E-state index in [1.807, 2.05) is 25.6 Å². The molecule has 2 aromatic rings. The zero-order valence-electron chi connectivity index (χ0n) is 10.4. The van der Waals surface area contributed by atoms with Crippen molar-refractivity contribution in [1.82, 2.24) is 14.9 Å². The molecule has 0 saturated heterocycles. The Labute approximate surface area is 103 Å². The molecule has 2 rings (SSSR count). The first-order valence-corrected chi connectivity index (χ1v) is 6.07. The Morgan fingerprint density at radius 1 is 1.29 bits per heavy atom. The topological polar surface area (TPSA) is 29.9 Å². The Bertz CT molecular complexity index is 448. The van der Waals surface area contributed by atoms with Gasteiger partial charge in [-0.3, -0.25) is 0 Å². The molecule has 0 aliphatic heterocycles. The van der Waals surface area contributed by atoms with Crippen LogP contribution in [-0.4, -0.2) is 16.1 Å². The summed E-state index contributed by atoms with van der Waals surface area (Å²) in [6.07, 6.45) is 4.90. The van der Waals surface area contributed by atoms with E-state index in [1.165, 1.54) is 11.3 Å². The average Bonchev–Trinajstić information content (AvgIpc) is 2.78. The molecule has 0 fully saturated rings. The first-order valence-electron chi connectivity index (χ1n) is 6.07. The van der Waals surface area contributed by atoms with Gasteiger partial charge in [-0.05, 0) is 18.5 Å². The third-order valence-electron chi connectivity index (χ3n) is 2.88. The fourth-order valence-corrected chi connectivity index (χ4v) is 1.97. The lowest BCUT2D eigenvalue weighted by atomic mass is 10.0. The van der Waals surface area contributed by atoms with E-state index < -0.39 is 0 Å². The molecule has 0 aliphatic rings. The van der Waals surface area contributed by atoms with Crippen molar-refractivity contribution in [3.05, 3.63) is 54.1 Å². The molecular weight excluding hydrogens is 210 g/mol. The van der Waals surface area contributed by atoms with Crippen LogP contribution >= 0.6 is 0 Å². The normalized spacial score (nSPS) is 12.6. The molecule has 0 aliphatic carbocycles. The second-order valence-corrected chi connectivity index (χ2v) is 4.23. The molecule has 0 saturated carbocycles. The van der Waals surface area contributed by atoms with Crippen LogP contribution in [0.25, 0.3) is 0 Å². The number of hydrogen-bond acceptors (Lipinski definition) is 2. The largest absolute Gasteiger partial charge is 0.336 e. The molecule has 1 aromatic carbocycles. The van der Waals surface area contributed by atoms with Crippen LogP contribution in [0.5, 0.6) is 0 Å². The molecule has 1 N–H and O–H groups in total. The van der Waals surface area contributed by atoms with E-state index in [0.717, 1.165) is 13.0 Å². The van der Waals surface area contributed by atoms with Crippen molar-refractivity contribution in [3.63, 3.8) is 0 Å². The highest BCUT2D eigenvalue weighted by Crippen LogP contribution is 2.20. The Kier molecular flexibility index (Phi) is 3.94. The van der Waals surface area contributed by atoms with E-state index in [2.05, 4.69) is 46.1 Å². The summed E-state index contributed by atoms with van der Waals surface area (Å²) in [5, 5.41) is 3.57. The van der Waals surface area contributed by atoms with Crippen molar-refractivity contribution in [2.45, 2.75) is 19.4 Å². The number of nitrogens with one attached hydrogen (secondary N) is 1. The van der Waals surface area contributed by atoms with Gasteiger partial charge in [0.05, 0.1) is 24.3 Å². The van der Waals surface area contributed by atoms with Crippen LogP contribution in [0, 0.1) is 0 Å². The Morgan fingerprint density at radius 3 is 2.65 bits per heavy atom. The number of imidazole rings is 1. The molecule has 3 heteroatoms. The summed E-state index contributed by atoms with van der Waals surface area (Å²) in [5.74, 6) is 0. The summed E-state index contributed by atoms with van der Waals surface area (Å²) in [4.78, 5) is 4.20. The smallest absolute Gasteiger partial charge is 0.0946 e. The monoisotopic (exact) mass is 229 g/mol. The van der Waals surface area contributed by atoms with Gasteiger partial charge in [0.2, 0.25) is 0 Å². The highest BCUT2D eigenvalue weighted by Gasteiger charge is 2.15. The summed E-state index contributed by atoms with van der Waals surface area (Å²) < 4.78 is 2.07. The third kappa shape index (κ3) is 2.74. The van der Waals surface area contributed by atoms with E-state index >= 15 is 0 Å². The number of aryl methyl sites for hydroxylation is 1. The molecule has 0 spiro atoms. The first-order chi connectivity index (χ1) is 8.33. The van der Waals surface area contributed by atoms with Crippen LogP contribution in [-0.2, 0) is 7.05 Å². The third-order valence-corrected chi connectivity index (χ3v) is 2.88. The summed E-state index contributed by atoms with van der Waals surface area (Å²) in [6.45, 7) is 3.18. The number of nitrogens with zero attached hydrogens (tertiary/aromatic N) is 2. The Morgan fingerprint density at radius 2 is 2.06 bits per heavy atom. The van der Waals surface area contributed by atoms with Gasteiger partial charge in [0, 0.05) is 7.05 Å². The summed E-state index contributed by atoms with van der Waals surface area (Å²) >= 11 is 0. The van der Waals surface area contributed by atoms with Crippen molar-refractivity contribution in [1.29, 1.82) is 0 Å². The van der Waals surface area contributed by atoms with E-state index in [0.29, 0.717) is 0 Å². The number of aromatic nitrogens is 2. The molecule has 17 heavy (non-hydrogen) atoms. The molecule has 1 heterocycles. The van der Waals surface area contributed by atoms with Crippen molar-refractivity contribution < 1.29 is 0 Å². The number of benzene rings is 1. The van der Waals surface area contributed by atoms with Gasteiger partial charge in [-0.1, -0.05) is 37.3 Å². The maximum Gasteiger partial charge on any atom is 0.0946 e. The van der Waals surface area contributed by atoms with Crippen LogP contribution in [0.3, 0.4) is 0 Å². The minimum absolute atomic E-state index is 0.226. The Balaban J connectivity index is 2.29. The summed E-state index contributed by atoms with van der Waals surface area (Å²) in [6, 6.07) is 10.7. The standard InChI is InChI=1S/C14H19N3/c1-3-9-16-14(12-7-5-4-6-8-12)13-10-15-11-17(13)2/h4-8,10-11,14,16H,3,9H2,1-2H3. The van der Waals surface area contributed by atoms with Gasteiger partial charge in [-0.15, -0.1) is 0 Å². The maximum atomic E-state index is 4.20. The lowest BCUT2D eigenvalue weighted by molar-refractivity contribution is 0.569. The second-order valence-electron chi connectivity index (χ2n) is 4.23. The minimum atomic E-state index is 0.226. The fourth-order valence-electron chi connectivity index (χ4n) is 1.97. The summed E-state index contributed by atoms with van der Waals surface area (Å²) in [7, 11) is 2.03. The van der Waals surface area contributed by atoms with Crippen LogP contribution in [0.15, 0.2) is 42.9 Å². The molecule has 3 nitrogen and oxygen atoms in total. The van der Waals surface area contributed by atoms with Gasteiger partial charge >= 0.3 is 0 Å². The fraction of sp³-hybridized carbons (Fsp3) is 0.357. The second kappa shape index (κ2) is 5.64. The predicted octanol–water partition coefficient (Wildman–Crippen LogP) is 2.51. The SMILES string of the molecule is CCCNC(c1ccccc1)c1cncn1C. The van der Waals surface area contributed by atoms with Crippen molar-refractivity contribution in [2.24, 2.45) is 7.05 Å². The molecule has 90 valence electrons. The number of hydrogen-bond donors (Lipinski definition) is 1. The van der Waals surface area contributed by atoms with Crippen LogP contribution in [0.1, 0.15) is 30.6 Å². The number of rotatable bonds is 5. The van der Waals surface area contributed by atoms with Crippen LogP contribution < -0.4 is 5.32 Å². The highest BCUT2D eigenvalue weighted by atomic mass is 15.1. The van der Waals surface area contributed by atoms with E-state index in [9.17, 15) is 0 Å². The minimum Gasteiger partial charge on any atom is -0.336 e. The van der Waals surface area contributed by atoms with Crippen molar-refractivity contribution >= 4 is 0 Å². The highest BCUT2D eigenvalue weighted by molar-refractivity contribution is 5.26. The zero-order chi connectivity index (χ0) is 12.1. The lowest BCUT2D eigenvalue weighted by Gasteiger charge is -2.19. The molecule has 0 radical (unpaired) electrons. The van der Waals surface area contributed by atoms with Crippen LogP contribution in [0.2, 0.25) is 0 Å². The molecule has 1 aromatic heterocycles. The lowest BCUT2D eigenvalue weighted by Crippen LogP contribution is -2.24. The maximum absolute atomic E-state index is 4.20. The quantitative estimate of drug-likeness (QED) is 0.853. The van der Waals surface area contributed by atoms with E-state index in [-0.39, 0.29) is 6.04 Å². The zero-order valence-corrected chi connectivity index (χ0v) is 10.4. The van der Waals surface area contributed by atoms with Gasteiger partial charge in [-0.25, -0.2) is 4.98 Å². The molecule has 0 amide bonds. The van der Waals surface area contributed by atoms with Crippen molar-refractivity contribution in [2.75, 3.05) is 6.54 Å². The van der Waals surface area contributed by atoms with Gasteiger partial charge in [0.25, 0.3) is 0 Å². The van der Waals surface area contributed by atoms with Gasteiger partial charge in [-0.2, -0.15) is 0 Å². The van der Waals surface area contributed by atoms with Crippen molar-refractivity contribution in [3.8, 4) is 0 Å². The van der Waals surface area contributed by atoms with E-state index in [4.69, 9.17) is 0 Å². The van der Waals surface area contributed by atoms with E-state index in [1.54, 1.807) is 0 Å². The Hall–Kier alpha value is -1.61. The predicted molar refractivity (Wildman–Crippen MR) is 69.8 cm³/mol. The first kappa shape index (κ1) is 11.9. The van der Waals surface area contributed by atoms with Crippen LogP contribution in [0.4, 0.5) is 0 Å². The molecule has 1 atom stereocenters. The molecule has 0 bridgehead atoms. The van der Waals surface area contributed by atoms with Gasteiger partial charge in [0.15, 0.2) is 0 Å². The van der Waals surface area contributed by atoms with Gasteiger partial charge in [0.1, 0.15) is 0 Å². The molecular formula is C14H19N3. The molecule has 1 unspecified atom stereocenters. The summed E-state index contributed by atoms with van der Waals surface area (Å²) in [5.41, 5.74) is 2.48. The van der Waals surface area contributed by atoms with Gasteiger partial charge < -0.3 is 9.88 Å².